The average Bonchev–Trinajstić information content (AvgIpc) is 2.98. The van der Waals surface area contributed by atoms with Crippen LogP contribution >= 0.6 is 11.3 Å². The van der Waals surface area contributed by atoms with Crippen molar-refractivity contribution >= 4 is 11.3 Å². The average molecular weight is 230 g/mol. The molecule has 1 aliphatic carbocycles. The summed E-state index contributed by atoms with van der Waals surface area (Å²) < 4.78 is 0. The zero-order valence-corrected chi connectivity index (χ0v) is 9.83. The maximum atomic E-state index is 6.20. The van der Waals surface area contributed by atoms with Crippen molar-refractivity contribution in [2.75, 3.05) is 0 Å². The minimum atomic E-state index is -0.0721. The van der Waals surface area contributed by atoms with Crippen LogP contribution in [0.15, 0.2) is 29.1 Å². The Bertz CT molecular complexity index is 491. The predicted octanol–water partition coefficient (Wildman–Crippen LogP) is 2.68. The first-order valence-electron chi connectivity index (χ1n) is 5.60. The van der Waals surface area contributed by atoms with E-state index in [4.69, 9.17) is 5.73 Å². The highest BCUT2D eigenvalue weighted by molar-refractivity contribution is 7.07. The van der Waals surface area contributed by atoms with Crippen LogP contribution in [0.1, 0.15) is 34.8 Å². The van der Waals surface area contributed by atoms with Gasteiger partial charge in [0.2, 0.25) is 0 Å². The summed E-state index contributed by atoms with van der Waals surface area (Å²) >= 11 is 1.60. The Labute approximate surface area is 99.1 Å². The molecule has 1 aromatic heterocycles. The van der Waals surface area contributed by atoms with Crippen molar-refractivity contribution in [2.45, 2.75) is 25.3 Å². The molecule has 0 spiro atoms. The summed E-state index contributed by atoms with van der Waals surface area (Å²) in [7, 11) is 0. The highest BCUT2D eigenvalue weighted by Crippen LogP contribution is 2.27. The fourth-order valence-corrected chi connectivity index (χ4v) is 2.92. The minimum absolute atomic E-state index is 0.0721. The summed E-state index contributed by atoms with van der Waals surface area (Å²) in [4.78, 5) is 4.28. The quantitative estimate of drug-likeness (QED) is 0.861. The molecule has 2 N–H and O–H groups in total. The Kier molecular flexibility index (Phi) is 2.50. The molecule has 3 rings (SSSR count). The van der Waals surface area contributed by atoms with Crippen LogP contribution in [0.3, 0.4) is 0 Å². The number of hydrogen-bond donors (Lipinski definition) is 1. The second-order valence-electron chi connectivity index (χ2n) is 4.27. The Morgan fingerprint density at radius 2 is 2.12 bits per heavy atom. The first-order valence-corrected chi connectivity index (χ1v) is 6.54. The molecule has 0 bridgehead atoms. The minimum Gasteiger partial charge on any atom is -0.319 e. The van der Waals surface area contributed by atoms with Crippen molar-refractivity contribution in [1.82, 2.24) is 4.98 Å². The molecule has 1 unspecified atom stereocenters. The van der Waals surface area contributed by atoms with Gasteiger partial charge in [-0.25, -0.2) is 4.98 Å². The monoisotopic (exact) mass is 230 g/mol. The first kappa shape index (κ1) is 10.00. The van der Waals surface area contributed by atoms with E-state index in [2.05, 4.69) is 23.2 Å². The summed E-state index contributed by atoms with van der Waals surface area (Å²) in [6.45, 7) is 0. The third-order valence-corrected chi connectivity index (χ3v) is 3.86. The molecule has 0 amide bonds. The first-order chi connectivity index (χ1) is 7.84. The predicted molar refractivity (Wildman–Crippen MR) is 66.6 cm³/mol. The molecule has 0 fully saturated rings. The van der Waals surface area contributed by atoms with Crippen LogP contribution in [0.4, 0.5) is 0 Å². The SMILES string of the molecule is NC(c1ccc2c(c1)CCC2)c1cscn1. The topological polar surface area (TPSA) is 38.9 Å². The Morgan fingerprint density at radius 3 is 2.94 bits per heavy atom. The number of rotatable bonds is 2. The van der Waals surface area contributed by atoms with E-state index in [0.717, 1.165) is 5.69 Å². The summed E-state index contributed by atoms with van der Waals surface area (Å²) in [6, 6.07) is 6.56. The molecule has 1 atom stereocenters. The molecule has 0 aliphatic heterocycles. The normalized spacial score (nSPS) is 16.1. The van der Waals surface area contributed by atoms with Gasteiger partial charge in [-0.2, -0.15) is 0 Å². The van der Waals surface area contributed by atoms with Gasteiger partial charge in [-0.05, 0) is 36.0 Å². The van der Waals surface area contributed by atoms with Crippen molar-refractivity contribution in [2.24, 2.45) is 5.73 Å². The van der Waals surface area contributed by atoms with Crippen LogP contribution in [0.2, 0.25) is 0 Å². The lowest BCUT2D eigenvalue weighted by Gasteiger charge is -2.11. The maximum absolute atomic E-state index is 6.20. The molecule has 2 aromatic rings. The van der Waals surface area contributed by atoms with Crippen LogP contribution in [0, 0.1) is 0 Å². The largest absolute Gasteiger partial charge is 0.319 e. The van der Waals surface area contributed by atoms with Gasteiger partial charge in [0, 0.05) is 5.38 Å². The Hall–Kier alpha value is -1.19. The Morgan fingerprint density at radius 1 is 1.25 bits per heavy atom. The molecule has 3 heteroatoms. The molecule has 2 nitrogen and oxygen atoms in total. The molecular weight excluding hydrogens is 216 g/mol. The molecule has 1 aliphatic rings. The maximum Gasteiger partial charge on any atom is 0.0795 e. The lowest BCUT2D eigenvalue weighted by molar-refractivity contribution is 0.836. The summed E-state index contributed by atoms with van der Waals surface area (Å²) in [6.07, 6.45) is 3.71. The van der Waals surface area contributed by atoms with E-state index in [1.807, 2.05) is 10.9 Å². The standard InChI is InChI=1S/C13H14N2S/c14-13(12-7-16-8-15-12)11-5-4-9-2-1-3-10(9)6-11/h4-8,13H,1-3,14H2. The zero-order valence-electron chi connectivity index (χ0n) is 9.02. The molecule has 1 heterocycles. The van der Waals surface area contributed by atoms with Gasteiger partial charge in [-0.15, -0.1) is 11.3 Å². The molecule has 0 saturated carbocycles. The van der Waals surface area contributed by atoms with E-state index < -0.39 is 0 Å². The van der Waals surface area contributed by atoms with Gasteiger partial charge >= 0.3 is 0 Å². The van der Waals surface area contributed by atoms with Gasteiger partial charge in [-0.3, -0.25) is 0 Å². The number of fused-ring (bicyclic) bond motifs is 1. The van der Waals surface area contributed by atoms with E-state index in [1.165, 1.54) is 36.0 Å². The second kappa shape index (κ2) is 4.00. The van der Waals surface area contributed by atoms with Crippen molar-refractivity contribution in [3.8, 4) is 0 Å². The molecule has 16 heavy (non-hydrogen) atoms. The van der Waals surface area contributed by atoms with Crippen molar-refractivity contribution in [3.05, 3.63) is 51.5 Å². The summed E-state index contributed by atoms with van der Waals surface area (Å²) in [5.41, 5.74) is 13.2. The fraction of sp³-hybridized carbons (Fsp3) is 0.308. The molecule has 82 valence electrons. The summed E-state index contributed by atoms with van der Waals surface area (Å²) in [5, 5.41) is 2.03. The fourth-order valence-electron chi connectivity index (χ4n) is 2.33. The lowest BCUT2D eigenvalue weighted by Crippen LogP contribution is -2.12. The van der Waals surface area contributed by atoms with E-state index in [1.54, 1.807) is 11.3 Å². The zero-order chi connectivity index (χ0) is 11.0. The van der Waals surface area contributed by atoms with Gasteiger partial charge in [0.15, 0.2) is 0 Å². The van der Waals surface area contributed by atoms with E-state index in [0.29, 0.717) is 0 Å². The number of nitrogens with two attached hydrogens (primary N) is 1. The van der Waals surface area contributed by atoms with Crippen molar-refractivity contribution in [1.29, 1.82) is 0 Å². The van der Waals surface area contributed by atoms with Crippen molar-refractivity contribution < 1.29 is 0 Å². The van der Waals surface area contributed by atoms with E-state index >= 15 is 0 Å². The molecule has 0 saturated heterocycles. The number of nitrogens with zero attached hydrogens (tertiary/aromatic N) is 1. The number of thiazole rings is 1. The number of aromatic nitrogens is 1. The van der Waals surface area contributed by atoms with Crippen LogP contribution in [-0.2, 0) is 12.8 Å². The molecule has 0 radical (unpaired) electrons. The van der Waals surface area contributed by atoms with Gasteiger partial charge in [-0.1, -0.05) is 18.2 Å². The van der Waals surface area contributed by atoms with Crippen LogP contribution < -0.4 is 5.73 Å². The smallest absolute Gasteiger partial charge is 0.0795 e. The lowest BCUT2D eigenvalue weighted by atomic mass is 10.0. The van der Waals surface area contributed by atoms with E-state index in [9.17, 15) is 0 Å². The highest BCUT2D eigenvalue weighted by atomic mass is 32.1. The van der Waals surface area contributed by atoms with Gasteiger partial charge in [0.1, 0.15) is 0 Å². The van der Waals surface area contributed by atoms with Crippen LogP contribution in [0.25, 0.3) is 0 Å². The van der Waals surface area contributed by atoms with Gasteiger partial charge in [0.25, 0.3) is 0 Å². The number of benzene rings is 1. The molecular formula is C13H14N2S. The Balaban J connectivity index is 1.95. The molecule has 1 aromatic carbocycles. The van der Waals surface area contributed by atoms with Crippen LogP contribution in [-0.4, -0.2) is 4.98 Å². The second-order valence-corrected chi connectivity index (χ2v) is 4.99. The van der Waals surface area contributed by atoms with E-state index in [-0.39, 0.29) is 6.04 Å². The number of aryl methyl sites for hydroxylation is 2. The van der Waals surface area contributed by atoms with Gasteiger partial charge < -0.3 is 5.73 Å². The van der Waals surface area contributed by atoms with Crippen LogP contribution in [0.5, 0.6) is 0 Å². The van der Waals surface area contributed by atoms with Crippen molar-refractivity contribution in [3.63, 3.8) is 0 Å². The third kappa shape index (κ3) is 1.66. The number of hydrogen-bond acceptors (Lipinski definition) is 3. The summed E-state index contributed by atoms with van der Waals surface area (Å²) in [5.74, 6) is 0. The highest BCUT2D eigenvalue weighted by Gasteiger charge is 2.15. The van der Waals surface area contributed by atoms with Gasteiger partial charge in [0.05, 0.1) is 17.2 Å². The third-order valence-electron chi connectivity index (χ3n) is 3.25.